The van der Waals surface area contributed by atoms with Crippen LogP contribution < -0.4 is 10.1 Å². The number of halogens is 2. The van der Waals surface area contributed by atoms with E-state index in [9.17, 15) is 4.79 Å². The summed E-state index contributed by atoms with van der Waals surface area (Å²) in [6.07, 6.45) is 0. The van der Waals surface area contributed by atoms with Gasteiger partial charge in [-0.2, -0.15) is 0 Å². The van der Waals surface area contributed by atoms with Gasteiger partial charge in [-0.25, -0.2) is 0 Å². The van der Waals surface area contributed by atoms with E-state index in [0.29, 0.717) is 28.9 Å². The van der Waals surface area contributed by atoms with Crippen molar-refractivity contribution in [3.05, 3.63) is 58.1 Å². The number of hydrogen-bond donors (Lipinski definition) is 1. The van der Waals surface area contributed by atoms with Gasteiger partial charge in [-0.15, -0.1) is 11.8 Å². The Hall–Kier alpha value is -1.36. The number of benzene rings is 2. The van der Waals surface area contributed by atoms with E-state index in [-0.39, 0.29) is 11.2 Å². The number of amides is 1. The van der Waals surface area contributed by atoms with Crippen molar-refractivity contribution >= 4 is 40.9 Å². The van der Waals surface area contributed by atoms with Crippen LogP contribution in [0.4, 0.5) is 0 Å². The highest BCUT2D eigenvalue weighted by atomic mass is 35.5. The molecule has 0 saturated heterocycles. The van der Waals surface area contributed by atoms with Crippen molar-refractivity contribution in [2.45, 2.75) is 24.0 Å². The summed E-state index contributed by atoms with van der Waals surface area (Å²) >= 11 is 13.4. The number of thioether (sulfide) groups is 1. The zero-order chi connectivity index (χ0) is 17.5. The Labute approximate surface area is 156 Å². The molecule has 0 fully saturated rings. The summed E-state index contributed by atoms with van der Waals surface area (Å²) in [5.74, 6) is 0.670. The zero-order valence-electron chi connectivity index (χ0n) is 13.5. The van der Waals surface area contributed by atoms with E-state index < -0.39 is 0 Å². The SMILES string of the molecule is Cc1ccc(OCCNC(=O)[C@H](C)Sc2ccc(Cl)cc2)cc1Cl. The topological polar surface area (TPSA) is 38.3 Å². The van der Waals surface area contributed by atoms with E-state index in [4.69, 9.17) is 27.9 Å². The van der Waals surface area contributed by atoms with Crippen LogP contribution in [0, 0.1) is 6.92 Å². The van der Waals surface area contributed by atoms with Crippen molar-refractivity contribution in [2.24, 2.45) is 0 Å². The maximum atomic E-state index is 12.1. The summed E-state index contributed by atoms with van der Waals surface area (Å²) < 4.78 is 5.58. The van der Waals surface area contributed by atoms with Crippen LogP contribution in [0.5, 0.6) is 5.75 Å². The van der Waals surface area contributed by atoms with E-state index >= 15 is 0 Å². The molecule has 0 saturated carbocycles. The van der Waals surface area contributed by atoms with Gasteiger partial charge in [-0.3, -0.25) is 4.79 Å². The molecule has 0 aromatic heterocycles. The molecule has 2 rings (SSSR count). The number of rotatable bonds is 7. The first-order valence-electron chi connectivity index (χ1n) is 7.54. The third-order valence-electron chi connectivity index (χ3n) is 3.31. The highest BCUT2D eigenvalue weighted by molar-refractivity contribution is 8.00. The van der Waals surface area contributed by atoms with Crippen molar-refractivity contribution in [3.63, 3.8) is 0 Å². The highest BCUT2D eigenvalue weighted by Crippen LogP contribution is 2.25. The summed E-state index contributed by atoms with van der Waals surface area (Å²) in [5.41, 5.74) is 1.00. The van der Waals surface area contributed by atoms with E-state index in [0.717, 1.165) is 10.5 Å². The molecule has 6 heteroatoms. The second kappa shape index (κ2) is 9.21. The van der Waals surface area contributed by atoms with Crippen molar-refractivity contribution in [1.82, 2.24) is 5.32 Å². The molecule has 0 aliphatic rings. The molecule has 24 heavy (non-hydrogen) atoms. The third kappa shape index (κ3) is 5.93. The third-order valence-corrected chi connectivity index (χ3v) is 5.08. The maximum absolute atomic E-state index is 12.1. The minimum atomic E-state index is -0.194. The summed E-state index contributed by atoms with van der Waals surface area (Å²) in [5, 5.41) is 4.03. The highest BCUT2D eigenvalue weighted by Gasteiger charge is 2.13. The molecule has 0 bridgehead atoms. The average Bonchev–Trinajstić information content (AvgIpc) is 2.56. The fourth-order valence-electron chi connectivity index (χ4n) is 1.92. The van der Waals surface area contributed by atoms with E-state index in [1.54, 1.807) is 6.07 Å². The molecule has 3 nitrogen and oxygen atoms in total. The predicted molar refractivity (Wildman–Crippen MR) is 101 cm³/mol. The van der Waals surface area contributed by atoms with E-state index in [1.165, 1.54) is 11.8 Å². The number of hydrogen-bond acceptors (Lipinski definition) is 3. The van der Waals surface area contributed by atoms with Gasteiger partial charge in [0.25, 0.3) is 0 Å². The van der Waals surface area contributed by atoms with Gasteiger partial charge in [-0.05, 0) is 55.8 Å². The maximum Gasteiger partial charge on any atom is 0.233 e. The number of carbonyl (C=O) groups is 1. The Morgan fingerprint density at radius 2 is 1.92 bits per heavy atom. The molecule has 2 aromatic rings. The minimum Gasteiger partial charge on any atom is -0.492 e. The first kappa shape index (κ1) is 19.0. The summed E-state index contributed by atoms with van der Waals surface area (Å²) in [6.45, 7) is 4.64. The van der Waals surface area contributed by atoms with Gasteiger partial charge < -0.3 is 10.1 Å². The Balaban J connectivity index is 1.72. The molecular formula is C18H19Cl2NO2S. The van der Waals surface area contributed by atoms with Crippen LogP contribution in [0.15, 0.2) is 47.4 Å². The summed E-state index contributed by atoms with van der Waals surface area (Å²) in [6, 6.07) is 13.0. The van der Waals surface area contributed by atoms with Crippen LogP contribution >= 0.6 is 35.0 Å². The molecule has 1 amide bonds. The van der Waals surface area contributed by atoms with Crippen molar-refractivity contribution in [1.29, 1.82) is 0 Å². The second-order valence-electron chi connectivity index (χ2n) is 5.26. The molecule has 0 heterocycles. The predicted octanol–water partition coefficient (Wildman–Crippen LogP) is 4.98. The fourth-order valence-corrected chi connectivity index (χ4v) is 3.11. The Morgan fingerprint density at radius 1 is 1.21 bits per heavy atom. The monoisotopic (exact) mass is 383 g/mol. The van der Waals surface area contributed by atoms with Crippen LogP contribution in [0.25, 0.3) is 0 Å². The Bertz CT molecular complexity index is 692. The Kier molecular flexibility index (Phi) is 7.28. The van der Waals surface area contributed by atoms with Crippen LogP contribution in [-0.2, 0) is 4.79 Å². The molecule has 0 radical (unpaired) electrons. The summed E-state index contributed by atoms with van der Waals surface area (Å²) in [7, 11) is 0. The largest absolute Gasteiger partial charge is 0.492 e. The second-order valence-corrected chi connectivity index (χ2v) is 7.52. The number of carbonyl (C=O) groups excluding carboxylic acids is 1. The van der Waals surface area contributed by atoms with Gasteiger partial charge in [0, 0.05) is 14.9 Å². The average molecular weight is 384 g/mol. The lowest BCUT2D eigenvalue weighted by Crippen LogP contribution is -2.33. The van der Waals surface area contributed by atoms with E-state index in [1.807, 2.05) is 50.2 Å². The molecule has 2 aromatic carbocycles. The molecule has 0 aliphatic heterocycles. The molecule has 0 aliphatic carbocycles. The van der Waals surface area contributed by atoms with Crippen LogP contribution in [0.1, 0.15) is 12.5 Å². The molecular weight excluding hydrogens is 365 g/mol. The lowest BCUT2D eigenvalue weighted by Gasteiger charge is -2.13. The molecule has 1 atom stereocenters. The van der Waals surface area contributed by atoms with Crippen LogP contribution in [0.3, 0.4) is 0 Å². The standard InChI is InChI=1S/C18H19Cl2NO2S/c1-12-3-6-15(11-17(12)20)23-10-9-21-18(22)13(2)24-16-7-4-14(19)5-8-16/h3-8,11,13H,9-10H2,1-2H3,(H,21,22)/t13-/m0/s1. The lowest BCUT2D eigenvalue weighted by atomic mass is 10.2. The Morgan fingerprint density at radius 3 is 2.58 bits per heavy atom. The van der Waals surface area contributed by atoms with Crippen molar-refractivity contribution < 1.29 is 9.53 Å². The molecule has 0 spiro atoms. The molecule has 0 unspecified atom stereocenters. The van der Waals surface area contributed by atoms with Gasteiger partial charge in [0.1, 0.15) is 12.4 Å². The first-order chi connectivity index (χ1) is 11.5. The number of aryl methyl sites for hydroxylation is 1. The van der Waals surface area contributed by atoms with Gasteiger partial charge >= 0.3 is 0 Å². The zero-order valence-corrected chi connectivity index (χ0v) is 15.8. The van der Waals surface area contributed by atoms with E-state index in [2.05, 4.69) is 5.32 Å². The quantitative estimate of drug-likeness (QED) is 0.541. The summed E-state index contributed by atoms with van der Waals surface area (Å²) in [4.78, 5) is 13.1. The normalized spacial score (nSPS) is 11.8. The smallest absolute Gasteiger partial charge is 0.233 e. The minimum absolute atomic E-state index is 0.0273. The number of ether oxygens (including phenoxy) is 1. The fraction of sp³-hybridized carbons (Fsp3) is 0.278. The van der Waals surface area contributed by atoms with Gasteiger partial charge in [0.15, 0.2) is 0 Å². The molecule has 1 N–H and O–H groups in total. The molecule has 128 valence electrons. The van der Waals surface area contributed by atoms with Crippen LogP contribution in [-0.4, -0.2) is 24.3 Å². The first-order valence-corrected chi connectivity index (χ1v) is 9.18. The van der Waals surface area contributed by atoms with Gasteiger partial charge in [0.2, 0.25) is 5.91 Å². The van der Waals surface area contributed by atoms with Gasteiger partial charge in [-0.1, -0.05) is 29.3 Å². The number of nitrogens with one attached hydrogen (secondary N) is 1. The van der Waals surface area contributed by atoms with Crippen molar-refractivity contribution in [2.75, 3.05) is 13.2 Å². The lowest BCUT2D eigenvalue weighted by molar-refractivity contribution is -0.120. The van der Waals surface area contributed by atoms with Crippen LogP contribution in [0.2, 0.25) is 10.0 Å². The van der Waals surface area contributed by atoms with Gasteiger partial charge in [0.05, 0.1) is 11.8 Å². The van der Waals surface area contributed by atoms with Crippen molar-refractivity contribution in [3.8, 4) is 5.75 Å².